The lowest BCUT2D eigenvalue weighted by Gasteiger charge is -2.26. The summed E-state index contributed by atoms with van der Waals surface area (Å²) in [6.45, 7) is 5.94. The van der Waals surface area contributed by atoms with Gasteiger partial charge in [-0.05, 0) is 37.6 Å². The SMILES string of the molecule is CCNC(=NCc1cc2c(cc1OC)CC(C)O2)NCC1CC(=O)Nc2ccccc21. The molecule has 0 saturated carbocycles. The average molecular weight is 423 g/mol. The Kier molecular flexibility index (Phi) is 6.30. The molecule has 0 aliphatic carbocycles. The monoisotopic (exact) mass is 422 g/mol. The highest BCUT2D eigenvalue weighted by Crippen LogP contribution is 2.35. The number of hydrogen-bond acceptors (Lipinski definition) is 4. The molecule has 2 aromatic carbocycles. The van der Waals surface area contributed by atoms with Crippen LogP contribution in [-0.4, -0.2) is 38.2 Å². The van der Waals surface area contributed by atoms with Crippen LogP contribution in [0.2, 0.25) is 0 Å². The third kappa shape index (κ3) is 4.76. The van der Waals surface area contributed by atoms with Gasteiger partial charge in [0.05, 0.1) is 13.7 Å². The number of para-hydroxylation sites is 1. The fraction of sp³-hybridized carbons (Fsp3) is 0.417. The third-order valence-electron chi connectivity index (χ3n) is 5.67. The topological polar surface area (TPSA) is 84.0 Å². The number of nitrogens with zero attached hydrogens (tertiary/aromatic N) is 1. The smallest absolute Gasteiger partial charge is 0.225 e. The standard InChI is InChI=1S/C24H30N4O3/c1-4-25-24(26-13-17-12-23(29)28-20-8-6-5-7-19(17)20)27-14-18-11-22-16(9-15(2)31-22)10-21(18)30-3/h5-8,10-11,15,17H,4,9,12-14H2,1-3H3,(H,28,29)(H2,25,26,27). The Morgan fingerprint density at radius 3 is 2.90 bits per heavy atom. The molecule has 4 rings (SSSR count). The van der Waals surface area contributed by atoms with E-state index in [0.29, 0.717) is 25.5 Å². The molecule has 0 fully saturated rings. The molecular weight excluding hydrogens is 392 g/mol. The van der Waals surface area contributed by atoms with E-state index in [4.69, 9.17) is 14.5 Å². The molecular formula is C24H30N4O3. The molecule has 2 heterocycles. The second-order valence-electron chi connectivity index (χ2n) is 8.02. The number of ether oxygens (including phenoxy) is 2. The molecule has 7 nitrogen and oxygen atoms in total. The number of hydrogen-bond donors (Lipinski definition) is 3. The van der Waals surface area contributed by atoms with Gasteiger partial charge in [-0.25, -0.2) is 4.99 Å². The summed E-state index contributed by atoms with van der Waals surface area (Å²) in [5.41, 5.74) is 4.20. The fourth-order valence-electron chi connectivity index (χ4n) is 4.20. The Labute approximate surface area is 183 Å². The molecule has 2 aliphatic rings. The van der Waals surface area contributed by atoms with Crippen LogP contribution < -0.4 is 25.4 Å². The summed E-state index contributed by atoms with van der Waals surface area (Å²) in [6, 6.07) is 12.1. The Hall–Kier alpha value is -3.22. The van der Waals surface area contributed by atoms with Crippen LogP contribution in [0.1, 0.15) is 42.9 Å². The first-order chi connectivity index (χ1) is 15.1. The van der Waals surface area contributed by atoms with Crippen molar-refractivity contribution < 1.29 is 14.3 Å². The molecule has 2 unspecified atom stereocenters. The fourth-order valence-corrected chi connectivity index (χ4v) is 4.20. The molecule has 2 aliphatic heterocycles. The van der Waals surface area contributed by atoms with Gasteiger partial charge < -0.3 is 25.4 Å². The summed E-state index contributed by atoms with van der Waals surface area (Å²) in [7, 11) is 1.68. The summed E-state index contributed by atoms with van der Waals surface area (Å²) < 4.78 is 11.5. The minimum atomic E-state index is 0.0459. The largest absolute Gasteiger partial charge is 0.496 e. The molecule has 3 N–H and O–H groups in total. The second-order valence-corrected chi connectivity index (χ2v) is 8.02. The number of benzene rings is 2. The molecule has 0 saturated heterocycles. The van der Waals surface area contributed by atoms with Crippen molar-refractivity contribution in [3.8, 4) is 11.5 Å². The zero-order chi connectivity index (χ0) is 21.8. The van der Waals surface area contributed by atoms with E-state index in [0.717, 1.165) is 41.3 Å². The van der Waals surface area contributed by atoms with E-state index in [9.17, 15) is 4.79 Å². The van der Waals surface area contributed by atoms with Crippen LogP contribution in [0.5, 0.6) is 11.5 Å². The molecule has 2 atom stereocenters. The molecule has 7 heteroatoms. The van der Waals surface area contributed by atoms with Crippen molar-refractivity contribution in [3.63, 3.8) is 0 Å². The van der Waals surface area contributed by atoms with E-state index < -0.39 is 0 Å². The van der Waals surface area contributed by atoms with Crippen LogP contribution in [0, 0.1) is 0 Å². The predicted octanol–water partition coefficient (Wildman–Crippen LogP) is 3.20. The van der Waals surface area contributed by atoms with Crippen molar-refractivity contribution >= 4 is 17.6 Å². The maximum Gasteiger partial charge on any atom is 0.225 e. The van der Waals surface area contributed by atoms with E-state index in [1.807, 2.05) is 31.2 Å². The molecule has 1 amide bonds. The first-order valence-corrected chi connectivity index (χ1v) is 10.8. The highest BCUT2D eigenvalue weighted by atomic mass is 16.5. The zero-order valence-corrected chi connectivity index (χ0v) is 18.3. The highest BCUT2D eigenvalue weighted by Gasteiger charge is 2.25. The third-order valence-corrected chi connectivity index (χ3v) is 5.67. The van der Waals surface area contributed by atoms with Crippen LogP contribution >= 0.6 is 0 Å². The van der Waals surface area contributed by atoms with Crippen molar-refractivity contribution in [1.82, 2.24) is 10.6 Å². The van der Waals surface area contributed by atoms with Crippen molar-refractivity contribution in [2.75, 3.05) is 25.5 Å². The lowest BCUT2D eigenvalue weighted by Crippen LogP contribution is -2.40. The number of methoxy groups -OCH3 is 1. The van der Waals surface area contributed by atoms with Gasteiger partial charge >= 0.3 is 0 Å². The highest BCUT2D eigenvalue weighted by molar-refractivity contribution is 5.94. The summed E-state index contributed by atoms with van der Waals surface area (Å²) in [6.07, 6.45) is 1.54. The van der Waals surface area contributed by atoms with Gasteiger partial charge in [0.25, 0.3) is 0 Å². The minimum absolute atomic E-state index is 0.0459. The van der Waals surface area contributed by atoms with E-state index in [1.54, 1.807) is 7.11 Å². The van der Waals surface area contributed by atoms with Gasteiger partial charge in [0.2, 0.25) is 5.91 Å². The molecule has 2 aromatic rings. The Morgan fingerprint density at radius 1 is 1.26 bits per heavy atom. The summed E-state index contributed by atoms with van der Waals surface area (Å²) in [4.78, 5) is 16.8. The predicted molar refractivity (Wildman–Crippen MR) is 122 cm³/mol. The molecule has 31 heavy (non-hydrogen) atoms. The van der Waals surface area contributed by atoms with Crippen LogP contribution in [0.15, 0.2) is 41.4 Å². The summed E-state index contributed by atoms with van der Waals surface area (Å²) >= 11 is 0. The number of guanidine groups is 1. The number of carbonyl (C=O) groups excluding carboxylic acids is 1. The van der Waals surface area contributed by atoms with Crippen molar-refractivity contribution in [1.29, 1.82) is 0 Å². The lowest BCUT2D eigenvalue weighted by molar-refractivity contribution is -0.116. The van der Waals surface area contributed by atoms with E-state index in [2.05, 4.69) is 35.0 Å². The van der Waals surface area contributed by atoms with Crippen molar-refractivity contribution in [3.05, 3.63) is 53.1 Å². The first-order valence-electron chi connectivity index (χ1n) is 10.8. The normalized spacial score (nSPS) is 19.7. The van der Waals surface area contributed by atoms with Gasteiger partial charge in [-0.15, -0.1) is 0 Å². The van der Waals surface area contributed by atoms with E-state index in [-0.39, 0.29) is 17.9 Å². The molecule has 0 radical (unpaired) electrons. The van der Waals surface area contributed by atoms with E-state index in [1.165, 1.54) is 5.56 Å². The van der Waals surface area contributed by atoms with Crippen LogP contribution in [0.25, 0.3) is 0 Å². The van der Waals surface area contributed by atoms with Gasteiger partial charge in [0, 0.05) is 48.7 Å². The number of fused-ring (bicyclic) bond motifs is 2. The Balaban J connectivity index is 1.48. The van der Waals surface area contributed by atoms with Crippen molar-refractivity contribution in [2.45, 2.75) is 45.3 Å². The molecule has 164 valence electrons. The lowest BCUT2D eigenvalue weighted by atomic mass is 9.90. The van der Waals surface area contributed by atoms with Crippen molar-refractivity contribution in [2.24, 2.45) is 4.99 Å². The second kappa shape index (κ2) is 9.29. The van der Waals surface area contributed by atoms with Gasteiger partial charge in [0.15, 0.2) is 5.96 Å². The van der Waals surface area contributed by atoms with E-state index >= 15 is 0 Å². The number of rotatable bonds is 6. The van der Waals surface area contributed by atoms with Gasteiger partial charge in [-0.2, -0.15) is 0 Å². The van der Waals surface area contributed by atoms with Crippen LogP contribution in [0.3, 0.4) is 0 Å². The maximum atomic E-state index is 12.1. The Morgan fingerprint density at radius 2 is 2.10 bits per heavy atom. The molecule has 0 bridgehead atoms. The zero-order valence-electron chi connectivity index (χ0n) is 18.3. The van der Waals surface area contributed by atoms with Gasteiger partial charge in [0.1, 0.15) is 17.6 Å². The quantitative estimate of drug-likeness (QED) is 0.492. The first kappa shape index (κ1) is 21.0. The minimum Gasteiger partial charge on any atom is -0.496 e. The Bertz CT molecular complexity index is 989. The number of nitrogens with one attached hydrogen (secondary N) is 3. The van der Waals surface area contributed by atoms with Crippen LogP contribution in [0.4, 0.5) is 5.69 Å². The number of aliphatic imine (C=N–C) groups is 1. The van der Waals surface area contributed by atoms with Crippen LogP contribution in [-0.2, 0) is 17.8 Å². The van der Waals surface area contributed by atoms with Gasteiger partial charge in [-0.1, -0.05) is 18.2 Å². The molecule has 0 aromatic heterocycles. The number of amides is 1. The number of anilines is 1. The number of carbonyl (C=O) groups is 1. The summed E-state index contributed by atoms with van der Waals surface area (Å²) in [5.74, 6) is 2.60. The molecule has 0 spiro atoms. The van der Waals surface area contributed by atoms with Gasteiger partial charge in [-0.3, -0.25) is 4.79 Å². The summed E-state index contributed by atoms with van der Waals surface area (Å²) in [5, 5.41) is 9.64. The maximum absolute atomic E-state index is 12.1. The average Bonchev–Trinajstić information content (AvgIpc) is 3.13.